The zero-order valence-corrected chi connectivity index (χ0v) is 13.6. The lowest BCUT2D eigenvalue weighted by Crippen LogP contribution is -2.59. The van der Waals surface area contributed by atoms with E-state index in [9.17, 15) is 9.59 Å². The van der Waals surface area contributed by atoms with E-state index < -0.39 is 4.75 Å². The van der Waals surface area contributed by atoms with Crippen LogP contribution in [0.1, 0.15) is 26.7 Å². The monoisotopic (exact) mass is 299 g/mol. The molecule has 20 heavy (non-hydrogen) atoms. The van der Waals surface area contributed by atoms with Crippen LogP contribution in [0.4, 0.5) is 0 Å². The molecule has 2 aliphatic heterocycles. The molecule has 0 aromatic carbocycles. The number of carbonyl (C=O) groups is 2. The number of piperidine rings is 1. The van der Waals surface area contributed by atoms with Crippen LogP contribution in [0.3, 0.4) is 0 Å². The van der Waals surface area contributed by atoms with E-state index in [4.69, 9.17) is 0 Å². The molecular formula is C14H25N3O2S. The molecule has 0 radical (unpaired) electrons. The van der Waals surface area contributed by atoms with Gasteiger partial charge in [0.1, 0.15) is 6.04 Å². The SMILES string of the molecule is CN(C)C1CCN(C(=O)[C@H]2CSC(C)(C)C(=O)N2)CC1. The topological polar surface area (TPSA) is 52.7 Å². The van der Waals surface area contributed by atoms with Gasteiger partial charge in [0, 0.05) is 24.9 Å². The molecule has 5 nitrogen and oxygen atoms in total. The minimum absolute atomic E-state index is 0.0322. The first kappa shape index (κ1) is 15.6. The van der Waals surface area contributed by atoms with Crippen LogP contribution >= 0.6 is 11.8 Å². The second-order valence-electron chi connectivity index (χ2n) is 6.37. The van der Waals surface area contributed by atoms with Gasteiger partial charge in [-0.3, -0.25) is 9.59 Å². The van der Waals surface area contributed by atoms with Crippen LogP contribution in [0, 0.1) is 0 Å². The lowest BCUT2D eigenvalue weighted by atomic mass is 10.0. The van der Waals surface area contributed by atoms with Crippen LogP contribution in [0.2, 0.25) is 0 Å². The van der Waals surface area contributed by atoms with Gasteiger partial charge in [-0.1, -0.05) is 0 Å². The Morgan fingerprint density at radius 2 is 1.95 bits per heavy atom. The van der Waals surface area contributed by atoms with Gasteiger partial charge in [0.15, 0.2) is 0 Å². The summed E-state index contributed by atoms with van der Waals surface area (Å²) in [6, 6.07) is 0.213. The maximum absolute atomic E-state index is 12.5. The number of thioether (sulfide) groups is 1. The van der Waals surface area contributed by atoms with Gasteiger partial charge in [0.2, 0.25) is 11.8 Å². The molecule has 114 valence electrons. The van der Waals surface area contributed by atoms with Crippen molar-refractivity contribution in [2.24, 2.45) is 0 Å². The molecule has 2 rings (SSSR count). The molecule has 6 heteroatoms. The number of carbonyl (C=O) groups excluding carboxylic acids is 2. The molecule has 0 aliphatic carbocycles. The molecule has 1 atom stereocenters. The molecule has 0 aromatic rings. The standard InChI is InChI=1S/C14H25N3O2S/c1-14(2)13(19)15-11(9-20-14)12(18)17-7-5-10(6-8-17)16(3)4/h10-11H,5-9H2,1-4H3,(H,15,19)/t11-/m1/s1. The first-order chi connectivity index (χ1) is 9.31. The van der Waals surface area contributed by atoms with E-state index in [1.54, 1.807) is 11.8 Å². The van der Waals surface area contributed by atoms with E-state index in [2.05, 4.69) is 24.3 Å². The largest absolute Gasteiger partial charge is 0.342 e. The van der Waals surface area contributed by atoms with E-state index in [1.165, 1.54) is 0 Å². The Bertz CT molecular complexity index is 390. The summed E-state index contributed by atoms with van der Waals surface area (Å²) in [5, 5.41) is 2.88. The maximum Gasteiger partial charge on any atom is 0.246 e. The highest BCUT2D eigenvalue weighted by molar-refractivity contribution is 8.01. The summed E-state index contributed by atoms with van der Waals surface area (Å²) in [5.41, 5.74) is 0. The molecule has 2 fully saturated rings. The molecule has 2 aliphatic rings. The predicted molar refractivity (Wildman–Crippen MR) is 81.8 cm³/mol. The second-order valence-corrected chi connectivity index (χ2v) is 8.01. The maximum atomic E-state index is 12.5. The van der Waals surface area contributed by atoms with Crippen molar-refractivity contribution >= 4 is 23.6 Å². The van der Waals surface area contributed by atoms with Crippen LogP contribution in [0.15, 0.2) is 0 Å². The Morgan fingerprint density at radius 1 is 1.35 bits per heavy atom. The fraction of sp³-hybridized carbons (Fsp3) is 0.857. The second kappa shape index (κ2) is 5.93. The summed E-state index contributed by atoms with van der Waals surface area (Å²) in [5.74, 6) is 0.722. The first-order valence-corrected chi connectivity index (χ1v) is 8.20. The number of amides is 2. The normalized spacial score (nSPS) is 27.6. The van der Waals surface area contributed by atoms with E-state index >= 15 is 0 Å². The van der Waals surface area contributed by atoms with Gasteiger partial charge in [0.25, 0.3) is 0 Å². The van der Waals surface area contributed by atoms with Crippen LogP contribution in [0.25, 0.3) is 0 Å². The van der Waals surface area contributed by atoms with Gasteiger partial charge in [0.05, 0.1) is 4.75 Å². The molecule has 1 N–H and O–H groups in total. The van der Waals surface area contributed by atoms with Crippen molar-refractivity contribution in [2.45, 2.75) is 43.5 Å². The van der Waals surface area contributed by atoms with Gasteiger partial charge in [-0.2, -0.15) is 0 Å². The predicted octanol–water partition coefficient (Wildman–Crippen LogP) is 0.549. The van der Waals surface area contributed by atoms with Crippen LogP contribution in [-0.2, 0) is 9.59 Å². The third kappa shape index (κ3) is 3.28. The van der Waals surface area contributed by atoms with Crippen molar-refractivity contribution in [3.8, 4) is 0 Å². The molecule has 0 bridgehead atoms. The number of nitrogens with zero attached hydrogens (tertiary/aromatic N) is 2. The van der Waals surface area contributed by atoms with E-state index in [-0.39, 0.29) is 17.9 Å². The van der Waals surface area contributed by atoms with Crippen molar-refractivity contribution in [3.05, 3.63) is 0 Å². The summed E-state index contributed by atoms with van der Waals surface area (Å²) in [4.78, 5) is 28.5. The summed E-state index contributed by atoms with van der Waals surface area (Å²) < 4.78 is -0.422. The average molecular weight is 299 g/mol. The van der Waals surface area contributed by atoms with Gasteiger partial charge in [-0.15, -0.1) is 11.8 Å². The first-order valence-electron chi connectivity index (χ1n) is 7.21. The quantitative estimate of drug-likeness (QED) is 0.809. The Kier molecular flexibility index (Phi) is 4.64. The third-order valence-electron chi connectivity index (χ3n) is 4.27. The molecule has 2 saturated heterocycles. The third-order valence-corrected chi connectivity index (χ3v) is 5.67. The molecule has 2 amide bonds. The van der Waals surface area contributed by atoms with Crippen molar-refractivity contribution < 1.29 is 9.59 Å². The van der Waals surface area contributed by atoms with Crippen molar-refractivity contribution in [1.82, 2.24) is 15.1 Å². The van der Waals surface area contributed by atoms with E-state index in [0.29, 0.717) is 11.8 Å². The fourth-order valence-corrected chi connectivity index (χ4v) is 3.69. The van der Waals surface area contributed by atoms with Gasteiger partial charge < -0.3 is 15.1 Å². The van der Waals surface area contributed by atoms with Gasteiger partial charge in [-0.25, -0.2) is 0 Å². The van der Waals surface area contributed by atoms with Crippen LogP contribution < -0.4 is 5.32 Å². The van der Waals surface area contributed by atoms with E-state index in [0.717, 1.165) is 25.9 Å². The van der Waals surface area contributed by atoms with Crippen molar-refractivity contribution in [3.63, 3.8) is 0 Å². The Balaban J connectivity index is 1.89. The fourth-order valence-electron chi connectivity index (χ4n) is 2.69. The zero-order chi connectivity index (χ0) is 14.9. The Hall–Kier alpha value is -0.750. The molecule has 0 unspecified atom stereocenters. The minimum atomic E-state index is -0.422. The molecule has 0 saturated carbocycles. The van der Waals surface area contributed by atoms with Crippen LogP contribution in [0.5, 0.6) is 0 Å². The molecule has 0 spiro atoms. The summed E-state index contributed by atoms with van der Waals surface area (Å²) in [7, 11) is 4.17. The lowest BCUT2D eigenvalue weighted by Gasteiger charge is -2.39. The highest BCUT2D eigenvalue weighted by Crippen LogP contribution is 2.29. The molecule has 2 heterocycles. The summed E-state index contributed by atoms with van der Waals surface area (Å²) >= 11 is 1.57. The number of likely N-dealkylation sites (tertiary alicyclic amines) is 1. The number of nitrogens with one attached hydrogen (secondary N) is 1. The Labute approximate surface area is 125 Å². The number of hydrogen-bond acceptors (Lipinski definition) is 4. The number of hydrogen-bond donors (Lipinski definition) is 1. The molecular weight excluding hydrogens is 274 g/mol. The highest BCUT2D eigenvalue weighted by Gasteiger charge is 2.39. The summed E-state index contributed by atoms with van der Waals surface area (Å²) in [6.07, 6.45) is 2.02. The zero-order valence-electron chi connectivity index (χ0n) is 12.8. The van der Waals surface area contributed by atoms with Crippen molar-refractivity contribution in [2.75, 3.05) is 32.9 Å². The summed E-state index contributed by atoms with van der Waals surface area (Å²) in [6.45, 7) is 5.39. The minimum Gasteiger partial charge on any atom is -0.342 e. The van der Waals surface area contributed by atoms with Gasteiger partial charge in [-0.05, 0) is 40.8 Å². The van der Waals surface area contributed by atoms with Crippen molar-refractivity contribution in [1.29, 1.82) is 0 Å². The van der Waals surface area contributed by atoms with Gasteiger partial charge >= 0.3 is 0 Å². The highest BCUT2D eigenvalue weighted by atomic mass is 32.2. The lowest BCUT2D eigenvalue weighted by molar-refractivity contribution is -0.137. The van der Waals surface area contributed by atoms with E-state index in [1.807, 2.05) is 18.7 Å². The number of rotatable bonds is 2. The Morgan fingerprint density at radius 3 is 2.45 bits per heavy atom. The smallest absolute Gasteiger partial charge is 0.246 e. The molecule has 0 aromatic heterocycles. The van der Waals surface area contributed by atoms with Crippen LogP contribution in [-0.4, -0.2) is 71.4 Å². The average Bonchev–Trinajstić information content (AvgIpc) is 2.41.